The van der Waals surface area contributed by atoms with Crippen LogP contribution in [0.5, 0.6) is 5.88 Å². The zero-order valence-corrected chi connectivity index (χ0v) is 13.2. The molecule has 1 amide bonds. The number of para-hydroxylation sites is 1. The van der Waals surface area contributed by atoms with Gasteiger partial charge in [-0.25, -0.2) is 4.98 Å². The molecule has 3 heterocycles. The topological polar surface area (TPSA) is 65.5 Å². The Morgan fingerprint density at radius 1 is 1.26 bits per heavy atom. The number of carbonyl (C=O) groups excluding carboxylic acids is 1. The van der Waals surface area contributed by atoms with E-state index in [1.807, 2.05) is 24.3 Å². The van der Waals surface area contributed by atoms with E-state index in [1.54, 1.807) is 0 Å². The molecule has 23 heavy (non-hydrogen) atoms. The first-order valence-electron chi connectivity index (χ1n) is 8.23. The summed E-state index contributed by atoms with van der Waals surface area (Å²) in [5.41, 5.74) is 1.14. The molecular weight excluding hydrogens is 290 g/mol. The van der Waals surface area contributed by atoms with Crippen molar-refractivity contribution in [2.24, 2.45) is 0 Å². The van der Waals surface area contributed by atoms with Gasteiger partial charge in [-0.15, -0.1) is 0 Å². The Labute approximate surface area is 135 Å². The number of aromatic hydroxyl groups is 1. The molecule has 2 aliphatic rings. The molecule has 0 aliphatic carbocycles. The zero-order chi connectivity index (χ0) is 16.0. The lowest BCUT2D eigenvalue weighted by Crippen LogP contribution is -2.48. The molecule has 0 radical (unpaired) electrons. The van der Waals surface area contributed by atoms with Gasteiger partial charge >= 0.3 is 0 Å². The first-order valence-corrected chi connectivity index (χ1v) is 8.23. The second-order valence-corrected chi connectivity index (χ2v) is 6.74. The summed E-state index contributed by atoms with van der Waals surface area (Å²) in [5.74, 6) is -0.231. The smallest absolute Gasteiger partial charge is 0.252 e. The fourth-order valence-electron chi connectivity index (χ4n) is 4.14. The van der Waals surface area contributed by atoms with Gasteiger partial charge in [0.05, 0.1) is 11.1 Å². The molecule has 4 rings (SSSR count). The molecule has 2 N–H and O–H groups in total. The van der Waals surface area contributed by atoms with Gasteiger partial charge in [-0.1, -0.05) is 18.2 Å². The SMILES string of the molecule is CN1C2CCC1CC(NC(=O)c1cc(O)nc3ccccc13)C2. The average molecular weight is 311 g/mol. The van der Waals surface area contributed by atoms with Crippen LogP contribution in [0.1, 0.15) is 36.0 Å². The maximum atomic E-state index is 12.7. The summed E-state index contributed by atoms with van der Waals surface area (Å²) in [6.07, 6.45) is 4.47. The van der Waals surface area contributed by atoms with Crippen molar-refractivity contribution in [2.75, 3.05) is 7.05 Å². The maximum Gasteiger partial charge on any atom is 0.252 e. The number of aromatic nitrogens is 1. The number of carbonyl (C=O) groups is 1. The minimum Gasteiger partial charge on any atom is -0.493 e. The highest BCUT2D eigenvalue weighted by Crippen LogP contribution is 2.34. The Morgan fingerprint density at radius 3 is 2.70 bits per heavy atom. The minimum atomic E-state index is -0.118. The van der Waals surface area contributed by atoms with E-state index in [0.29, 0.717) is 23.2 Å². The first kappa shape index (κ1) is 14.5. The standard InChI is InChI=1S/C18H21N3O2/c1-21-12-6-7-13(21)9-11(8-12)19-18(23)15-10-17(22)20-16-5-3-2-4-14(15)16/h2-5,10-13H,6-9H2,1H3,(H,19,23)(H,20,22). The molecule has 2 saturated heterocycles. The maximum absolute atomic E-state index is 12.7. The summed E-state index contributed by atoms with van der Waals surface area (Å²) < 4.78 is 0. The summed E-state index contributed by atoms with van der Waals surface area (Å²) in [6, 6.07) is 10.3. The van der Waals surface area contributed by atoms with Crippen LogP contribution in [0.15, 0.2) is 30.3 Å². The highest BCUT2D eigenvalue weighted by atomic mass is 16.3. The van der Waals surface area contributed by atoms with Gasteiger partial charge in [0.2, 0.25) is 5.88 Å². The molecule has 1 aromatic carbocycles. The van der Waals surface area contributed by atoms with Gasteiger partial charge in [-0.2, -0.15) is 0 Å². The highest BCUT2D eigenvalue weighted by Gasteiger charge is 2.38. The van der Waals surface area contributed by atoms with E-state index in [2.05, 4.69) is 22.2 Å². The fraction of sp³-hybridized carbons (Fsp3) is 0.444. The third kappa shape index (κ3) is 2.55. The van der Waals surface area contributed by atoms with E-state index < -0.39 is 0 Å². The molecule has 2 aromatic rings. The van der Waals surface area contributed by atoms with Crippen LogP contribution >= 0.6 is 0 Å². The van der Waals surface area contributed by atoms with E-state index >= 15 is 0 Å². The first-order chi connectivity index (χ1) is 11.1. The summed E-state index contributed by atoms with van der Waals surface area (Å²) in [5, 5.41) is 13.7. The second-order valence-electron chi connectivity index (χ2n) is 6.74. The van der Waals surface area contributed by atoms with Crippen LogP contribution in [0.2, 0.25) is 0 Å². The molecule has 2 bridgehead atoms. The summed E-state index contributed by atoms with van der Waals surface area (Å²) >= 11 is 0. The minimum absolute atomic E-state index is 0.114. The number of hydrogen-bond acceptors (Lipinski definition) is 4. The Morgan fingerprint density at radius 2 is 1.96 bits per heavy atom. The predicted octanol–water partition coefficient (Wildman–Crippen LogP) is 2.30. The lowest BCUT2D eigenvalue weighted by atomic mass is 9.97. The number of nitrogens with zero attached hydrogens (tertiary/aromatic N) is 2. The monoisotopic (exact) mass is 311 g/mol. The van der Waals surface area contributed by atoms with E-state index in [0.717, 1.165) is 18.2 Å². The van der Waals surface area contributed by atoms with Crippen molar-refractivity contribution in [1.82, 2.24) is 15.2 Å². The number of fused-ring (bicyclic) bond motifs is 3. The van der Waals surface area contributed by atoms with Crippen LogP contribution in [-0.2, 0) is 0 Å². The van der Waals surface area contributed by atoms with Crippen LogP contribution in [0.25, 0.3) is 10.9 Å². The van der Waals surface area contributed by atoms with Crippen molar-refractivity contribution in [3.05, 3.63) is 35.9 Å². The van der Waals surface area contributed by atoms with Crippen molar-refractivity contribution >= 4 is 16.8 Å². The lowest BCUT2D eigenvalue weighted by molar-refractivity contribution is 0.0883. The van der Waals surface area contributed by atoms with Crippen molar-refractivity contribution in [3.8, 4) is 5.88 Å². The quantitative estimate of drug-likeness (QED) is 0.893. The Hall–Kier alpha value is -2.14. The second kappa shape index (κ2) is 5.49. The third-order valence-corrected chi connectivity index (χ3v) is 5.38. The van der Waals surface area contributed by atoms with E-state index in [-0.39, 0.29) is 17.8 Å². The van der Waals surface area contributed by atoms with Gasteiger partial charge in [-0.05, 0) is 38.8 Å². The fourth-order valence-corrected chi connectivity index (χ4v) is 4.14. The van der Waals surface area contributed by atoms with E-state index in [4.69, 9.17) is 0 Å². The largest absolute Gasteiger partial charge is 0.493 e. The van der Waals surface area contributed by atoms with Gasteiger partial charge in [0.15, 0.2) is 0 Å². The van der Waals surface area contributed by atoms with Gasteiger partial charge in [0.1, 0.15) is 0 Å². The molecule has 2 unspecified atom stereocenters. The number of hydrogen-bond donors (Lipinski definition) is 2. The number of nitrogens with one attached hydrogen (secondary N) is 1. The number of piperidine rings is 1. The third-order valence-electron chi connectivity index (χ3n) is 5.38. The van der Waals surface area contributed by atoms with E-state index in [9.17, 15) is 9.90 Å². The number of amides is 1. The Bertz CT molecular complexity index is 747. The molecule has 120 valence electrons. The van der Waals surface area contributed by atoms with E-state index in [1.165, 1.54) is 18.9 Å². The molecule has 2 fully saturated rings. The zero-order valence-electron chi connectivity index (χ0n) is 13.2. The van der Waals surface area contributed by atoms with Gasteiger partial charge < -0.3 is 15.3 Å². The molecule has 1 aromatic heterocycles. The molecule has 5 heteroatoms. The Kier molecular flexibility index (Phi) is 3.45. The van der Waals surface area contributed by atoms with Crippen molar-refractivity contribution in [2.45, 2.75) is 43.8 Å². The van der Waals surface area contributed by atoms with Crippen LogP contribution in [-0.4, -0.2) is 46.1 Å². The summed E-state index contributed by atoms with van der Waals surface area (Å²) in [6.45, 7) is 0. The van der Waals surface area contributed by atoms with Gasteiger partial charge in [0, 0.05) is 29.6 Å². The number of benzene rings is 1. The van der Waals surface area contributed by atoms with Crippen LogP contribution in [0, 0.1) is 0 Å². The lowest BCUT2D eigenvalue weighted by Gasteiger charge is -2.36. The highest BCUT2D eigenvalue weighted by molar-refractivity contribution is 6.06. The molecule has 2 atom stereocenters. The van der Waals surface area contributed by atoms with Crippen LogP contribution in [0.3, 0.4) is 0 Å². The normalized spacial score (nSPS) is 27.3. The number of rotatable bonds is 2. The molecular formula is C18H21N3O2. The summed E-state index contributed by atoms with van der Waals surface area (Å²) in [7, 11) is 2.19. The predicted molar refractivity (Wildman–Crippen MR) is 88.5 cm³/mol. The van der Waals surface area contributed by atoms with Crippen molar-refractivity contribution in [1.29, 1.82) is 0 Å². The Balaban J connectivity index is 1.58. The molecule has 2 aliphatic heterocycles. The number of pyridine rings is 1. The van der Waals surface area contributed by atoms with Crippen LogP contribution < -0.4 is 5.32 Å². The average Bonchev–Trinajstić information content (AvgIpc) is 2.75. The van der Waals surface area contributed by atoms with Gasteiger partial charge in [0.25, 0.3) is 5.91 Å². The molecule has 5 nitrogen and oxygen atoms in total. The summed E-state index contributed by atoms with van der Waals surface area (Å²) in [4.78, 5) is 19.3. The van der Waals surface area contributed by atoms with Crippen LogP contribution in [0.4, 0.5) is 0 Å². The van der Waals surface area contributed by atoms with Crippen molar-refractivity contribution in [3.63, 3.8) is 0 Å². The van der Waals surface area contributed by atoms with Crippen molar-refractivity contribution < 1.29 is 9.90 Å². The molecule has 0 spiro atoms. The van der Waals surface area contributed by atoms with Gasteiger partial charge in [-0.3, -0.25) is 4.79 Å². The molecule has 0 saturated carbocycles.